The van der Waals surface area contributed by atoms with Crippen molar-refractivity contribution < 1.29 is 23.1 Å². The van der Waals surface area contributed by atoms with Crippen molar-refractivity contribution in [1.82, 2.24) is 20.0 Å². The van der Waals surface area contributed by atoms with E-state index < -0.39 is 17.7 Å². The Morgan fingerprint density at radius 1 is 1.27 bits per heavy atom. The summed E-state index contributed by atoms with van der Waals surface area (Å²) in [5.41, 5.74) is 3.45. The molecule has 4 rings (SSSR count). The number of carboxylic acids is 1. The Hall–Kier alpha value is -3.10. The molecule has 0 bridgehead atoms. The molecule has 33 heavy (non-hydrogen) atoms. The van der Waals surface area contributed by atoms with Gasteiger partial charge in [0.1, 0.15) is 5.69 Å². The molecule has 2 N–H and O–H groups in total. The van der Waals surface area contributed by atoms with Gasteiger partial charge >= 0.3 is 12.1 Å². The molecule has 0 saturated heterocycles. The third-order valence-electron chi connectivity index (χ3n) is 6.29. The second-order valence-corrected chi connectivity index (χ2v) is 9.37. The van der Waals surface area contributed by atoms with Crippen molar-refractivity contribution >= 4 is 5.97 Å². The maximum atomic E-state index is 13.8. The van der Waals surface area contributed by atoms with Crippen LogP contribution in [0, 0.1) is 5.41 Å². The zero-order chi connectivity index (χ0) is 24.0. The molecular formula is C24H27F3N4O2. The lowest BCUT2D eigenvalue weighted by Gasteiger charge is -2.30. The van der Waals surface area contributed by atoms with Gasteiger partial charge in [-0.2, -0.15) is 23.4 Å². The van der Waals surface area contributed by atoms with E-state index >= 15 is 0 Å². The van der Waals surface area contributed by atoms with Crippen molar-refractivity contribution in [2.45, 2.75) is 65.6 Å². The Bertz CT molecular complexity index is 1190. The monoisotopic (exact) mass is 460 g/mol. The van der Waals surface area contributed by atoms with E-state index in [0.29, 0.717) is 11.3 Å². The molecule has 0 saturated carbocycles. The summed E-state index contributed by atoms with van der Waals surface area (Å²) in [6, 6.07) is 5.52. The Morgan fingerprint density at radius 3 is 2.70 bits per heavy atom. The number of H-pyrrole nitrogens is 1. The van der Waals surface area contributed by atoms with Gasteiger partial charge in [0.15, 0.2) is 0 Å². The number of aryl methyl sites for hydroxylation is 2. The summed E-state index contributed by atoms with van der Waals surface area (Å²) in [6.45, 7) is 7.21. The summed E-state index contributed by atoms with van der Waals surface area (Å²) in [6.07, 6.45) is -2.02. The Kier molecular flexibility index (Phi) is 5.84. The largest absolute Gasteiger partial charge is 0.481 e. The Labute approximate surface area is 189 Å². The third-order valence-corrected chi connectivity index (χ3v) is 6.29. The van der Waals surface area contributed by atoms with Gasteiger partial charge in [-0.1, -0.05) is 26.0 Å². The van der Waals surface area contributed by atoms with Gasteiger partial charge in [-0.3, -0.25) is 14.6 Å². The number of benzene rings is 1. The number of nitrogens with one attached hydrogen (secondary N) is 1. The fourth-order valence-electron chi connectivity index (χ4n) is 4.51. The van der Waals surface area contributed by atoms with Gasteiger partial charge in [0.2, 0.25) is 0 Å². The lowest BCUT2D eigenvalue weighted by atomic mass is 9.76. The number of nitrogens with zero attached hydrogens (tertiary/aromatic N) is 3. The van der Waals surface area contributed by atoms with E-state index in [1.54, 1.807) is 6.07 Å². The molecule has 2 heterocycles. The summed E-state index contributed by atoms with van der Waals surface area (Å²) in [5, 5.41) is 20.7. The maximum absolute atomic E-state index is 13.8. The van der Waals surface area contributed by atoms with Crippen LogP contribution in [0.25, 0.3) is 22.6 Å². The molecule has 0 aliphatic heterocycles. The molecule has 1 aliphatic carbocycles. The molecule has 0 amide bonds. The van der Waals surface area contributed by atoms with Crippen molar-refractivity contribution in [2.24, 2.45) is 5.41 Å². The fraction of sp³-hybridized carbons (Fsp3) is 0.458. The molecule has 0 atom stereocenters. The van der Waals surface area contributed by atoms with Gasteiger partial charge < -0.3 is 5.11 Å². The van der Waals surface area contributed by atoms with E-state index in [4.69, 9.17) is 10.2 Å². The van der Waals surface area contributed by atoms with Crippen molar-refractivity contribution in [1.29, 1.82) is 0 Å². The molecule has 0 spiro atoms. The van der Waals surface area contributed by atoms with Crippen LogP contribution in [-0.2, 0) is 36.8 Å². The van der Waals surface area contributed by atoms with Crippen LogP contribution < -0.4 is 0 Å². The molecule has 0 unspecified atom stereocenters. The SMILES string of the molecule is CCn1nc(-c2cc(-c3ccc(CCC(=O)O)cc3C(F)(F)F)n[nH]2)c2c1CC(C)(C)CC2. The number of rotatable bonds is 6. The fourth-order valence-corrected chi connectivity index (χ4v) is 4.51. The van der Waals surface area contributed by atoms with Gasteiger partial charge in [-0.05, 0) is 55.7 Å². The minimum atomic E-state index is -4.60. The van der Waals surface area contributed by atoms with E-state index in [1.807, 2.05) is 11.6 Å². The van der Waals surface area contributed by atoms with E-state index in [0.717, 1.165) is 43.1 Å². The molecule has 3 aromatic rings. The first-order chi connectivity index (χ1) is 15.5. The van der Waals surface area contributed by atoms with E-state index in [-0.39, 0.29) is 29.5 Å². The highest BCUT2D eigenvalue weighted by molar-refractivity contribution is 5.72. The van der Waals surface area contributed by atoms with Crippen LogP contribution in [0.5, 0.6) is 0 Å². The molecule has 2 aromatic heterocycles. The van der Waals surface area contributed by atoms with Crippen molar-refractivity contribution in [3.63, 3.8) is 0 Å². The first-order valence-electron chi connectivity index (χ1n) is 11.0. The highest BCUT2D eigenvalue weighted by Gasteiger charge is 2.35. The zero-order valence-electron chi connectivity index (χ0n) is 18.9. The number of fused-ring (bicyclic) bond motifs is 1. The maximum Gasteiger partial charge on any atom is 0.417 e. The summed E-state index contributed by atoms with van der Waals surface area (Å²) in [4.78, 5) is 10.8. The van der Waals surface area contributed by atoms with Gasteiger partial charge in [-0.15, -0.1) is 0 Å². The van der Waals surface area contributed by atoms with Crippen LogP contribution in [0.15, 0.2) is 24.3 Å². The lowest BCUT2D eigenvalue weighted by Crippen LogP contribution is -2.24. The molecule has 176 valence electrons. The average Bonchev–Trinajstić information content (AvgIpc) is 3.35. The predicted molar refractivity (Wildman–Crippen MR) is 118 cm³/mol. The molecule has 6 nitrogen and oxygen atoms in total. The molecule has 0 fully saturated rings. The van der Waals surface area contributed by atoms with Crippen LogP contribution in [0.1, 0.15) is 56.0 Å². The highest BCUT2D eigenvalue weighted by atomic mass is 19.4. The summed E-state index contributed by atoms with van der Waals surface area (Å²) in [7, 11) is 0. The smallest absolute Gasteiger partial charge is 0.417 e. The second kappa shape index (κ2) is 8.35. The van der Waals surface area contributed by atoms with Gasteiger partial charge in [0, 0.05) is 29.8 Å². The van der Waals surface area contributed by atoms with Crippen LogP contribution in [0.4, 0.5) is 13.2 Å². The average molecular weight is 461 g/mol. The van der Waals surface area contributed by atoms with Crippen molar-refractivity contribution in [3.05, 3.63) is 46.6 Å². The van der Waals surface area contributed by atoms with Crippen LogP contribution in [0.3, 0.4) is 0 Å². The minimum Gasteiger partial charge on any atom is -0.481 e. The van der Waals surface area contributed by atoms with E-state index in [9.17, 15) is 18.0 Å². The first kappa shape index (κ1) is 23.1. The third kappa shape index (κ3) is 4.67. The second-order valence-electron chi connectivity index (χ2n) is 9.37. The first-order valence-corrected chi connectivity index (χ1v) is 11.0. The molecule has 9 heteroatoms. The normalized spacial score (nSPS) is 15.5. The van der Waals surface area contributed by atoms with Crippen molar-refractivity contribution in [3.8, 4) is 22.6 Å². The number of carboxylic acid groups (broad SMARTS) is 1. The zero-order valence-corrected chi connectivity index (χ0v) is 18.9. The predicted octanol–water partition coefficient (Wildman–Crippen LogP) is 5.51. The standard InChI is InChI=1S/C24H27F3N4O2/c1-4-31-20-13-23(2,3)10-9-16(20)22(30-31)19-12-18(28-29-19)15-7-5-14(6-8-21(32)33)11-17(15)24(25,26)27/h5,7,11-12H,4,6,8-10,13H2,1-3H3,(H,28,29)(H,32,33). The molecular weight excluding hydrogens is 433 g/mol. The van der Waals surface area contributed by atoms with Crippen LogP contribution in [-0.4, -0.2) is 31.1 Å². The number of carbonyl (C=O) groups is 1. The number of aromatic nitrogens is 4. The van der Waals surface area contributed by atoms with E-state index in [2.05, 4.69) is 24.0 Å². The molecule has 1 aliphatic rings. The molecule has 0 radical (unpaired) electrons. The number of hydrogen-bond acceptors (Lipinski definition) is 3. The van der Waals surface area contributed by atoms with E-state index in [1.165, 1.54) is 17.8 Å². The topological polar surface area (TPSA) is 83.8 Å². The Balaban J connectivity index is 1.73. The molecule has 1 aromatic carbocycles. The number of hydrogen-bond donors (Lipinski definition) is 2. The number of halogens is 3. The summed E-state index contributed by atoms with van der Waals surface area (Å²) in [5.74, 6) is -1.05. The van der Waals surface area contributed by atoms with Crippen LogP contribution in [0.2, 0.25) is 0 Å². The lowest BCUT2D eigenvalue weighted by molar-refractivity contribution is -0.137. The highest BCUT2D eigenvalue weighted by Crippen LogP contribution is 2.41. The van der Waals surface area contributed by atoms with Gasteiger partial charge in [-0.25, -0.2) is 0 Å². The summed E-state index contributed by atoms with van der Waals surface area (Å²) >= 11 is 0. The minimum absolute atomic E-state index is 0.0292. The number of alkyl halides is 3. The Morgan fingerprint density at radius 2 is 2.03 bits per heavy atom. The number of aromatic amines is 1. The quantitative estimate of drug-likeness (QED) is 0.508. The summed E-state index contributed by atoms with van der Waals surface area (Å²) < 4.78 is 43.4. The van der Waals surface area contributed by atoms with Gasteiger partial charge in [0.25, 0.3) is 0 Å². The van der Waals surface area contributed by atoms with Crippen LogP contribution >= 0.6 is 0 Å². The number of aliphatic carboxylic acids is 1. The van der Waals surface area contributed by atoms with Crippen molar-refractivity contribution in [2.75, 3.05) is 0 Å². The van der Waals surface area contributed by atoms with Gasteiger partial charge in [0.05, 0.1) is 17.0 Å².